The van der Waals surface area contributed by atoms with Gasteiger partial charge in [-0.25, -0.2) is 9.78 Å². The monoisotopic (exact) mass is 479 g/mol. The first-order valence-electron chi connectivity index (χ1n) is 11.0. The molecular formula is C20H33N9O5. The van der Waals surface area contributed by atoms with Crippen LogP contribution in [0.15, 0.2) is 17.5 Å². The number of carbonyl (C=O) groups is 4. The molecule has 2 rings (SSSR count). The van der Waals surface area contributed by atoms with E-state index >= 15 is 0 Å². The van der Waals surface area contributed by atoms with Gasteiger partial charge in [-0.2, -0.15) is 0 Å². The Kier molecular flexibility index (Phi) is 9.79. The van der Waals surface area contributed by atoms with Gasteiger partial charge < -0.3 is 42.8 Å². The number of rotatable bonds is 12. The Labute approximate surface area is 196 Å². The summed E-state index contributed by atoms with van der Waals surface area (Å²) in [6.45, 7) is 2.05. The van der Waals surface area contributed by atoms with Crippen molar-refractivity contribution in [3.63, 3.8) is 0 Å². The van der Waals surface area contributed by atoms with E-state index in [4.69, 9.17) is 17.2 Å². The Morgan fingerprint density at radius 2 is 2.06 bits per heavy atom. The van der Waals surface area contributed by atoms with Crippen molar-refractivity contribution in [1.29, 1.82) is 0 Å². The van der Waals surface area contributed by atoms with Gasteiger partial charge in [0, 0.05) is 31.4 Å². The van der Waals surface area contributed by atoms with Crippen LogP contribution in [0.4, 0.5) is 0 Å². The molecule has 0 radical (unpaired) electrons. The molecule has 34 heavy (non-hydrogen) atoms. The normalized spacial score (nSPS) is 17.9. The van der Waals surface area contributed by atoms with E-state index in [1.807, 2.05) is 0 Å². The lowest BCUT2D eigenvalue weighted by Gasteiger charge is -2.27. The zero-order chi connectivity index (χ0) is 25.3. The van der Waals surface area contributed by atoms with Crippen LogP contribution >= 0.6 is 0 Å². The van der Waals surface area contributed by atoms with E-state index < -0.39 is 42.0 Å². The van der Waals surface area contributed by atoms with Crippen molar-refractivity contribution in [2.75, 3.05) is 13.1 Å². The van der Waals surface area contributed by atoms with Gasteiger partial charge in [-0.05, 0) is 32.6 Å². The lowest BCUT2D eigenvalue weighted by Crippen LogP contribution is -2.56. The molecule has 188 valence electrons. The number of imidazole rings is 1. The lowest BCUT2D eigenvalue weighted by atomic mass is 10.1. The first-order valence-corrected chi connectivity index (χ1v) is 11.0. The summed E-state index contributed by atoms with van der Waals surface area (Å²) in [6, 6.07) is -3.77. The molecule has 4 atom stereocenters. The van der Waals surface area contributed by atoms with Gasteiger partial charge in [-0.15, -0.1) is 0 Å². The molecule has 1 aliphatic rings. The van der Waals surface area contributed by atoms with E-state index in [1.54, 1.807) is 6.20 Å². The van der Waals surface area contributed by atoms with Crippen molar-refractivity contribution in [2.45, 2.75) is 63.2 Å². The van der Waals surface area contributed by atoms with Crippen LogP contribution in [0.25, 0.3) is 0 Å². The maximum absolute atomic E-state index is 12.8. The molecule has 0 saturated carbocycles. The smallest absolute Gasteiger partial charge is 0.326 e. The highest BCUT2D eigenvalue weighted by molar-refractivity contribution is 5.94. The number of aliphatic imine (C=N–C) groups is 1. The van der Waals surface area contributed by atoms with Crippen molar-refractivity contribution >= 4 is 29.7 Å². The summed E-state index contributed by atoms with van der Waals surface area (Å²) in [5.41, 5.74) is 17.2. The first kappa shape index (κ1) is 26.6. The summed E-state index contributed by atoms with van der Waals surface area (Å²) < 4.78 is 0. The van der Waals surface area contributed by atoms with E-state index in [0.29, 0.717) is 31.5 Å². The van der Waals surface area contributed by atoms with Gasteiger partial charge in [0.2, 0.25) is 17.7 Å². The van der Waals surface area contributed by atoms with Crippen LogP contribution < -0.4 is 27.8 Å². The summed E-state index contributed by atoms with van der Waals surface area (Å²) in [5, 5.41) is 14.3. The Bertz CT molecular complexity index is 885. The van der Waals surface area contributed by atoms with Crippen LogP contribution in [-0.4, -0.2) is 86.9 Å². The fourth-order valence-corrected chi connectivity index (χ4v) is 3.67. The van der Waals surface area contributed by atoms with Crippen molar-refractivity contribution < 1.29 is 24.3 Å². The number of nitrogens with two attached hydrogens (primary N) is 3. The average molecular weight is 480 g/mol. The van der Waals surface area contributed by atoms with Crippen LogP contribution in [0.3, 0.4) is 0 Å². The number of guanidine groups is 1. The molecule has 3 amide bonds. The quantitative estimate of drug-likeness (QED) is 0.0943. The number of aliphatic carboxylic acids is 1. The zero-order valence-electron chi connectivity index (χ0n) is 19.1. The highest BCUT2D eigenvalue weighted by Crippen LogP contribution is 2.19. The number of hydrogen-bond donors (Lipinski definition) is 7. The SMILES string of the molecule is CC(NC(=O)C1CCCN1C(=O)C(N)Cc1cnc[nH]1)C(=O)NC(CCCN=C(N)N)C(=O)O. The fourth-order valence-electron chi connectivity index (χ4n) is 3.67. The summed E-state index contributed by atoms with van der Waals surface area (Å²) in [7, 11) is 0. The highest BCUT2D eigenvalue weighted by atomic mass is 16.4. The van der Waals surface area contributed by atoms with Crippen LogP contribution in [0.1, 0.15) is 38.3 Å². The third-order valence-corrected chi connectivity index (χ3v) is 5.46. The van der Waals surface area contributed by atoms with Crippen LogP contribution in [0.2, 0.25) is 0 Å². The van der Waals surface area contributed by atoms with Gasteiger partial charge in [-0.3, -0.25) is 19.4 Å². The van der Waals surface area contributed by atoms with Crippen molar-refractivity contribution in [1.82, 2.24) is 25.5 Å². The summed E-state index contributed by atoms with van der Waals surface area (Å²) in [6.07, 6.45) is 4.83. The summed E-state index contributed by atoms with van der Waals surface area (Å²) in [4.78, 5) is 61.5. The molecule has 0 aliphatic carbocycles. The molecule has 1 fully saturated rings. The number of likely N-dealkylation sites (tertiary alicyclic amines) is 1. The molecule has 14 heteroatoms. The van der Waals surface area contributed by atoms with Gasteiger partial charge >= 0.3 is 5.97 Å². The van der Waals surface area contributed by atoms with E-state index in [1.165, 1.54) is 18.2 Å². The molecule has 1 saturated heterocycles. The second kappa shape index (κ2) is 12.5. The topological polar surface area (TPSA) is 235 Å². The summed E-state index contributed by atoms with van der Waals surface area (Å²) in [5.74, 6) is -2.84. The van der Waals surface area contributed by atoms with E-state index in [2.05, 4.69) is 25.6 Å². The van der Waals surface area contributed by atoms with Crippen molar-refractivity contribution in [3.05, 3.63) is 18.2 Å². The van der Waals surface area contributed by atoms with Crippen LogP contribution in [0, 0.1) is 0 Å². The van der Waals surface area contributed by atoms with Crippen molar-refractivity contribution in [3.8, 4) is 0 Å². The van der Waals surface area contributed by atoms with Gasteiger partial charge in [0.25, 0.3) is 0 Å². The number of carboxylic acids is 1. The number of carboxylic acid groups (broad SMARTS) is 1. The fraction of sp³-hybridized carbons (Fsp3) is 0.600. The molecular weight excluding hydrogens is 446 g/mol. The van der Waals surface area contributed by atoms with E-state index in [9.17, 15) is 24.3 Å². The second-order valence-corrected chi connectivity index (χ2v) is 8.16. The van der Waals surface area contributed by atoms with Gasteiger partial charge in [0.1, 0.15) is 18.1 Å². The van der Waals surface area contributed by atoms with Crippen molar-refractivity contribution in [2.24, 2.45) is 22.2 Å². The minimum atomic E-state index is -1.21. The minimum absolute atomic E-state index is 0.103. The zero-order valence-corrected chi connectivity index (χ0v) is 19.1. The van der Waals surface area contributed by atoms with E-state index in [-0.39, 0.29) is 31.3 Å². The first-order chi connectivity index (χ1) is 16.1. The standard InChI is InChI=1S/C20H33N9O5/c1-11(16(30)28-14(19(33)34)4-2-6-25-20(22)23)27-17(31)15-5-3-7-29(15)18(32)13(21)8-12-9-24-10-26-12/h9-11,13-15H,2-8,21H2,1H3,(H,24,26)(H,27,31)(H,28,30)(H,33,34)(H4,22,23,25). The number of nitrogens with one attached hydrogen (secondary N) is 3. The van der Waals surface area contributed by atoms with Gasteiger partial charge in [0.15, 0.2) is 5.96 Å². The number of hydrogen-bond acceptors (Lipinski definition) is 7. The maximum Gasteiger partial charge on any atom is 0.326 e. The highest BCUT2D eigenvalue weighted by Gasteiger charge is 2.37. The van der Waals surface area contributed by atoms with Crippen LogP contribution in [0.5, 0.6) is 0 Å². The molecule has 14 nitrogen and oxygen atoms in total. The maximum atomic E-state index is 12.8. The Hall–Kier alpha value is -3.68. The predicted molar refractivity (Wildman–Crippen MR) is 122 cm³/mol. The van der Waals surface area contributed by atoms with E-state index in [0.717, 1.165) is 0 Å². The number of amides is 3. The average Bonchev–Trinajstić information content (AvgIpc) is 3.46. The molecule has 1 aromatic rings. The van der Waals surface area contributed by atoms with Crippen LogP contribution in [-0.2, 0) is 25.6 Å². The largest absolute Gasteiger partial charge is 0.480 e. The minimum Gasteiger partial charge on any atom is -0.480 e. The molecule has 10 N–H and O–H groups in total. The van der Waals surface area contributed by atoms with Gasteiger partial charge in [0.05, 0.1) is 12.4 Å². The third-order valence-electron chi connectivity index (χ3n) is 5.46. The predicted octanol–water partition coefficient (Wildman–Crippen LogP) is -2.60. The Balaban J connectivity index is 1.89. The Morgan fingerprint density at radius 3 is 2.68 bits per heavy atom. The molecule has 1 aliphatic heterocycles. The molecule has 2 heterocycles. The molecule has 0 spiro atoms. The molecule has 4 unspecified atom stereocenters. The molecule has 0 aromatic carbocycles. The third kappa shape index (κ3) is 7.72. The molecule has 0 bridgehead atoms. The number of aromatic nitrogens is 2. The van der Waals surface area contributed by atoms with Gasteiger partial charge in [-0.1, -0.05) is 0 Å². The summed E-state index contributed by atoms with van der Waals surface area (Å²) >= 11 is 0. The number of nitrogens with zero attached hydrogens (tertiary/aromatic N) is 3. The number of carbonyl (C=O) groups excluding carboxylic acids is 3. The lowest BCUT2D eigenvalue weighted by molar-refractivity contribution is -0.143. The molecule has 1 aromatic heterocycles. The number of H-pyrrole nitrogens is 1. The Morgan fingerprint density at radius 1 is 1.32 bits per heavy atom. The number of aromatic amines is 1. The second-order valence-electron chi connectivity index (χ2n) is 8.16.